The highest BCUT2D eigenvalue weighted by molar-refractivity contribution is 5.79. The average molecular weight is 270 g/mol. The zero-order chi connectivity index (χ0) is 14.7. The predicted octanol–water partition coefficient (Wildman–Crippen LogP) is -0.0625. The molecular formula is C13H22N2O4. The first kappa shape index (κ1) is 17.4. The SMILES string of the molecule is C#CCN(CC(=O)O)CC(=O)NCCCOC(C)C. The number of hydrogen-bond acceptors (Lipinski definition) is 4. The minimum absolute atomic E-state index is 0.0124. The molecule has 6 heteroatoms. The Morgan fingerprint density at radius 1 is 1.42 bits per heavy atom. The van der Waals surface area contributed by atoms with Crippen molar-refractivity contribution in [2.45, 2.75) is 26.4 Å². The van der Waals surface area contributed by atoms with Crippen LogP contribution in [0.4, 0.5) is 0 Å². The molecule has 0 atom stereocenters. The van der Waals surface area contributed by atoms with E-state index in [1.165, 1.54) is 4.90 Å². The van der Waals surface area contributed by atoms with Gasteiger partial charge in [0.2, 0.25) is 5.91 Å². The van der Waals surface area contributed by atoms with Gasteiger partial charge in [-0.25, -0.2) is 0 Å². The predicted molar refractivity (Wildman–Crippen MR) is 71.6 cm³/mol. The Balaban J connectivity index is 3.81. The second kappa shape index (κ2) is 10.4. The van der Waals surface area contributed by atoms with Crippen LogP contribution in [0.5, 0.6) is 0 Å². The number of carbonyl (C=O) groups is 2. The molecule has 0 aromatic rings. The Kier molecular flexibility index (Phi) is 9.49. The minimum atomic E-state index is -1.01. The molecule has 0 aliphatic carbocycles. The topological polar surface area (TPSA) is 78.9 Å². The van der Waals surface area contributed by atoms with Crippen molar-refractivity contribution in [2.75, 3.05) is 32.8 Å². The molecule has 0 rings (SSSR count). The molecule has 0 fully saturated rings. The van der Waals surface area contributed by atoms with E-state index < -0.39 is 5.97 Å². The Morgan fingerprint density at radius 2 is 2.11 bits per heavy atom. The molecule has 0 spiro atoms. The Bertz CT molecular complexity index is 323. The van der Waals surface area contributed by atoms with Crippen molar-refractivity contribution in [3.05, 3.63) is 0 Å². The third-order valence-electron chi connectivity index (χ3n) is 2.14. The number of rotatable bonds is 10. The lowest BCUT2D eigenvalue weighted by molar-refractivity contribution is -0.138. The molecule has 108 valence electrons. The Labute approximate surface area is 114 Å². The van der Waals surface area contributed by atoms with E-state index in [4.69, 9.17) is 16.3 Å². The summed E-state index contributed by atoms with van der Waals surface area (Å²) in [5.41, 5.74) is 0. The second-order valence-corrected chi connectivity index (χ2v) is 4.37. The van der Waals surface area contributed by atoms with Crippen molar-refractivity contribution in [1.82, 2.24) is 10.2 Å². The lowest BCUT2D eigenvalue weighted by atomic mass is 10.4. The molecule has 0 saturated carbocycles. The molecule has 0 bridgehead atoms. The van der Waals surface area contributed by atoms with Crippen molar-refractivity contribution >= 4 is 11.9 Å². The van der Waals surface area contributed by atoms with E-state index in [1.807, 2.05) is 13.8 Å². The van der Waals surface area contributed by atoms with Gasteiger partial charge in [0.05, 0.1) is 25.7 Å². The van der Waals surface area contributed by atoms with Gasteiger partial charge in [0, 0.05) is 13.2 Å². The summed E-state index contributed by atoms with van der Waals surface area (Å²) in [5.74, 6) is 1.09. The molecule has 19 heavy (non-hydrogen) atoms. The number of carboxylic acids is 1. The quantitative estimate of drug-likeness (QED) is 0.429. The van der Waals surface area contributed by atoms with Gasteiger partial charge in [-0.3, -0.25) is 14.5 Å². The van der Waals surface area contributed by atoms with Crippen LogP contribution in [0, 0.1) is 12.3 Å². The number of carboxylic acid groups (broad SMARTS) is 1. The highest BCUT2D eigenvalue weighted by atomic mass is 16.5. The molecule has 0 unspecified atom stereocenters. The molecule has 6 nitrogen and oxygen atoms in total. The highest BCUT2D eigenvalue weighted by Gasteiger charge is 2.12. The van der Waals surface area contributed by atoms with Gasteiger partial charge in [0.1, 0.15) is 0 Å². The normalized spacial score (nSPS) is 10.5. The molecule has 0 radical (unpaired) electrons. The molecule has 0 aromatic heterocycles. The fourth-order valence-corrected chi connectivity index (χ4v) is 1.37. The van der Waals surface area contributed by atoms with Crippen molar-refractivity contribution in [2.24, 2.45) is 0 Å². The maximum atomic E-state index is 11.6. The molecule has 1 amide bonds. The van der Waals surface area contributed by atoms with Crippen molar-refractivity contribution < 1.29 is 19.4 Å². The first-order valence-corrected chi connectivity index (χ1v) is 6.21. The van der Waals surface area contributed by atoms with E-state index in [0.29, 0.717) is 13.2 Å². The van der Waals surface area contributed by atoms with Gasteiger partial charge >= 0.3 is 5.97 Å². The molecule has 0 aromatic carbocycles. The maximum absolute atomic E-state index is 11.6. The number of ether oxygens (including phenoxy) is 1. The second-order valence-electron chi connectivity index (χ2n) is 4.37. The van der Waals surface area contributed by atoms with Gasteiger partial charge in [0.15, 0.2) is 0 Å². The first-order chi connectivity index (χ1) is 8.95. The largest absolute Gasteiger partial charge is 0.480 e. The number of nitrogens with one attached hydrogen (secondary N) is 1. The van der Waals surface area contributed by atoms with Gasteiger partial charge < -0.3 is 15.2 Å². The monoisotopic (exact) mass is 270 g/mol. The summed E-state index contributed by atoms with van der Waals surface area (Å²) in [7, 11) is 0. The Morgan fingerprint density at radius 3 is 2.63 bits per heavy atom. The third kappa shape index (κ3) is 11.3. The molecule has 0 heterocycles. The van der Waals surface area contributed by atoms with Crippen LogP contribution in [0.15, 0.2) is 0 Å². The summed E-state index contributed by atoms with van der Waals surface area (Å²) in [6.45, 7) is 4.86. The van der Waals surface area contributed by atoms with Gasteiger partial charge in [-0.05, 0) is 20.3 Å². The number of amides is 1. The smallest absolute Gasteiger partial charge is 0.317 e. The lowest BCUT2D eigenvalue weighted by Crippen LogP contribution is -2.40. The van der Waals surface area contributed by atoms with Crippen LogP contribution in [0.2, 0.25) is 0 Å². The van der Waals surface area contributed by atoms with E-state index in [2.05, 4.69) is 11.2 Å². The summed E-state index contributed by atoms with van der Waals surface area (Å²) in [4.78, 5) is 23.5. The van der Waals surface area contributed by atoms with E-state index in [0.717, 1.165) is 6.42 Å². The van der Waals surface area contributed by atoms with Crippen molar-refractivity contribution in [3.63, 3.8) is 0 Å². The molecule has 0 saturated heterocycles. The van der Waals surface area contributed by atoms with Gasteiger partial charge in [-0.15, -0.1) is 6.42 Å². The molecular weight excluding hydrogens is 248 g/mol. The number of hydrogen-bond donors (Lipinski definition) is 2. The fourth-order valence-electron chi connectivity index (χ4n) is 1.37. The van der Waals surface area contributed by atoms with Gasteiger partial charge in [-0.2, -0.15) is 0 Å². The summed E-state index contributed by atoms with van der Waals surface area (Å²) < 4.78 is 5.33. The van der Waals surface area contributed by atoms with Crippen LogP contribution in [0.25, 0.3) is 0 Å². The van der Waals surface area contributed by atoms with E-state index in [9.17, 15) is 9.59 Å². The van der Waals surface area contributed by atoms with Gasteiger partial charge in [0.25, 0.3) is 0 Å². The van der Waals surface area contributed by atoms with Crippen molar-refractivity contribution in [3.8, 4) is 12.3 Å². The maximum Gasteiger partial charge on any atom is 0.317 e. The zero-order valence-corrected chi connectivity index (χ0v) is 11.5. The van der Waals surface area contributed by atoms with Crippen LogP contribution in [0.1, 0.15) is 20.3 Å². The van der Waals surface area contributed by atoms with Crippen LogP contribution in [-0.2, 0) is 14.3 Å². The number of carbonyl (C=O) groups excluding carboxylic acids is 1. The number of terminal acetylenes is 1. The van der Waals surface area contributed by atoms with Crippen LogP contribution >= 0.6 is 0 Å². The average Bonchev–Trinajstić information content (AvgIpc) is 2.27. The third-order valence-corrected chi connectivity index (χ3v) is 2.14. The van der Waals surface area contributed by atoms with E-state index in [1.54, 1.807) is 0 Å². The van der Waals surface area contributed by atoms with Crippen molar-refractivity contribution in [1.29, 1.82) is 0 Å². The molecule has 2 N–H and O–H groups in total. The lowest BCUT2D eigenvalue weighted by Gasteiger charge is -2.16. The summed E-state index contributed by atoms with van der Waals surface area (Å²) in [6.07, 6.45) is 6.01. The minimum Gasteiger partial charge on any atom is -0.480 e. The molecule has 0 aliphatic rings. The standard InChI is InChI=1S/C13H22N2O4/c1-4-7-15(10-13(17)18)9-12(16)14-6-5-8-19-11(2)3/h1,11H,5-10H2,2-3H3,(H,14,16)(H,17,18). The summed E-state index contributed by atoms with van der Waals surface area (Å²) >= 11 is 0. The van der Waals surface area contributed by atoms with Crippen LogP contribution in [-0.4, -0.2) is 60.8 Å². The number of aliphatic carboxylic acids is 1. The van der Waals surface area contributed by atoms with Gasteiger partial charge in [-0.1, -0.05) is 5.92 Å². The number of nitrogens with zero attached hydrogens (tertiary/aromatic N) is 1. The highest BCUT2D eigenvalue weighted by Crippen LogP contribution is 1.90. The summed E-state index contributed by atoms with van der Waals surface area (Å²) in [6, 6.07) is 0. The Hall–Kier alpha value is -1.58. The first-order valence-electron chi connectivity index (χ1n) is 6.21. The summed E-state index contributed by atoms with van der Waals surface area (Å²) in [5, 5.41) is 11.4. The van der Waals surface area contributed by atoms with Crippen LogP contribution in [0.3, 0.4) is 0 Å². The van der Waals surface area contributed by atoms with Crippen LogP contribution < -0.4 is 5.32 Å². The van der Waals surface area contributed by atoms with E-state index >= 15 is 0 Å². The zero-order valence-electron chi connectivity index (χ0n) is 11.5. The van der Waals surface area contributed by atoms with E-state index in [-0.39, 0.29) is 31.6 Å². The fraction of sp³-hybridized carbons (Fsp3) is 0.692. The molecule has 0 aliphatic heterocycles.